The molecule has 0 aromatic heterocycles. The third-order valence-corrected chi connectivity index (χ3v) is 4.00. The molecule has 2 amide bonds. The first-order valence-corrected chi connectivity index (χ1v) is 7.50. The van der Waals surface area contributed by atoms with Gasteiger partial charge in [0.2, 0.25) is 11.8 Å². The zero-order valence-corrected chi connectivity index (χ0v) is 11.8. The molecule has 102 valence electrons. The number of hydrogen-bond acceptors (Lipinski definition) is 3. The minimum absolute atomic E-state index is 0.0293. The second-order valence-electron chi connectivity index (χ2n) is 4.55. The number of rotatable bonds is 5. The lowest BCUT2D eigenvalue weighted by atomic mass is 10.2. The Bertz CT molecular complexity index is 488. The van der Waals surface area contributed by atoms with Crippen LogP contribution in [0.5, 0.6) is 0 Å². The predicted octanol–water partition coefficient (Wildman–Crippen LogP) is 2.54. The summed E-state index contributed by atoms with van der Waals surface area (Å²) in [6, 6.07) is 5.91. The van der Waals surface area contributed by atoms with Gasteiger partial charge in [0.05, 0.1) is 11.4 Å². The van der Waals surface area contributed by atoms with E-state index in [1.54, 1.807) is 11.8 Å². The van der Waals surface area contributed by atoms with E-state index in [-0.39, 0.29) is 11.8 Å². The van der Waals surface area contributed by atoms with Crippen molar-refractivity contribution in [3.8, 4) is 0 Å². The molecule has 1 aliphatic heterocycles. The molecule has 0 saturated heterocycles. The van der Waals surface area contributed by atoms with Crippen LogP contribution in [-0.4, -0.2) is 17.6 Å². The molecule has 1 heterocycles. The first-order chi connectivity index (χ1) is 9.19. The predicted molar refractivity (Wildman–Crippen MR) is 77.2 cm³/mol. The second kappa shape index (κ2) is 6.61. The maximum atomic E-state index is 11.5. The van der Waals surface area contributed by atoms with Gasteiger partial charge in [-0.25, -0.2) is 0 Å². The van der Waals surface area contributed by atoms with Gasteiger partial charge in [0.15, 0.2) is 0 Å². The lowest BCUT2D eigenvalue weighted by Crippen LogP contribution is -2.23. The first kappa shape index (κ1) is 13.9. The Hall–Kier alpha value is -1.49. The van der Waals surface area contributed by atoms with Crippen LogP contribution in [0.2, 0.25) is 0 Å². The fraction of sp³-hybridized carbons (Fsp3) is 0.429. The van der Waals surface area contributed by atoms with Crippen molar-refractivity contribution in [2.45, 2.75) is 37.6 Å². The summed E-state index contributed by atoms with van der Waals surface area (Å²) in [6.07, 6.45) is 2.52. The van der Waals surface area contributed by atoms with E-state index < -0.39 is 0 Å². The number of anilines is 1. The van der Waals surface area contributed by atoms with E-state index >= 15 is 0 Å². The smallest absolute Gasteiger partial charge is 0.234 e. The number of benzene rings is 1. The summed E-state index contributed by atoms with van der Waals surface area (Å²) in [5.41, 5.74) is 1.85. The molecule has 1 aromatic rings. The van der Waals surface area contributed by atoms with Crippen molar-refractivity contribution < 1.29 is 9.59 Å². The molecule has 2 rings (SSSR count). The molecule has 0 spiro atoms. The van der Waals surface area contributed by atoms with E-state index in [1.165, 1.54) is 0 Å². The summed E-state index contributed by atoms with van der Waals surface area (Å²) >= 11 is 1.54. The number of fused-ring (bicyclic) bond motifs is 1. The van der Waals surface area contributed by atoms with Crippen LogP contribution in [0, 0.1) is 0 Å². The molecule has 2 N–H and O–H groups in total. The van der Waals surface area contributed by atoms with Crippen molar-refractivity contribution in [2.24, 2.45) is 0 Å². The second-order valence-corrected chi connectivity index (χ2v) is 5.56. The van der Waals surface area contributed by atoms with Gasteiger partial charge in [-0.3, -0.25) is 9.59 Å². The quantitative estimate of drug-likeness (QED) is 0.870. The molecule has 1 aliphatic rings. The third-order valence-electron chi connectivity index (χ3n) is 2.92. The molecular formula is C14H18N2O2S. The van der Waals surface area contributed by atoms with E-state index in [9.17, 15) is 9.59 Å². The largest absolute Gasteiger partial charge is 0.352 e. The van der Waals surface area contributed by atoms with Gasteiger partial charge < -0.3 is 10.6 Å². The van der Waals surface area contributed by atoms with Crippen molar-refractivity contribution in [3.05, 3.63) is 23.8 Å². The molecule has 0 aliphatic carbocycles. The zero-order chi connectivity index (χ0) is 13.7. The van der Waals surface area contributed by atoms with Crippen LogP contribution < -0.4 is 10.6 Å². The Kier molecular flexibility index (Phi) is 4.85. The highest BCUT2D eigenvalue weighted by Crippen LogP contribution is 2.31. The molecule has 1 aromatic carbocycles. The van der Waals surface area contributed by atoms with Gasteiger partial charge in [0, 0.05) is 17.9 Å². The fourth-order valence-corrected chi connectivity index (χ4v) is 2.66. The van der Waals surface area contributed by atoms with Gasteiger partial charge in [-0.05, 0) is 24.1 Å². The van der Waals surface area contributed by atoms with Crippen LogP contribution in [0.25, 0.3) is 0 Å². The van der Waals surface area contributed by atoms with Gasteiger partial charge in [-0.2, -0.15) is 0 Å². The Balaban J connectivity index is 1.93. The topological polar surface area (TPSA) is 58.2 Å². The van der Waals surface area contributed by atoms with E-state index in [0.29, 0.717) is 18.7 Å². The number of amides is 2. The van der Waals surface area contributed by atoms with E-state index in [1.807, 2.05) is 18.2 Å². The van der Waals surface area contributed by atoms with Crippen LogP contribution in [0.15, 0.2) is 23.1 Å². The maximum Gasteiger partial charge on any atom is 0.234 e. The van der Waals surface area contributed by atoms with Crippen LogP contribution in [0.1, 0.15) is 31.7 Å². The number of hydrogen-bond donors (Lipinski definition) is 2. The van der Waals surface area contributed by atoms with Gasteiger partial charge in [0.1, 0.15) is 0 Å². The summed E-state index contributed by atoms with van der Waals surface area (Å²) in [4.78, 5) is 23.9. The molecule has 0 unspecified atom stereocenters. The van der Waals surface area contributed by atoms with Crippen molar-refractivity contribution in [2.75, 3.05) is 11.1 Å². The van der Waals surface area contributed by atoms with Crippen molar-refractivity contribution in [1.82, 2.24) is 5.32 Å². The molecular weight excluding hydrogens is 260 g/mol. The average molecular weight is 278 g/mol. The van der Waals surface area contributed by atoms with E-state index in [4.69, 9.17) is 0 Å². The average Bonchev–Trinajstić information content (AvgIpc) is 2.42. The fourth-order valence-electron chi connectivity index (χ4n) is 1.87. The molecule has 0 radical (unpaired) electrons. The standard InChI is InChI=1S/C14H18N2O2S/c1-2-3-4-13(17)15-8-10-5-6-12-11(7-10)16-14(18)9-19-12/h5-7H,2-4,8-9H2,1H3,(H,15,17)(H,16,18). The molecule has 0 atom stereocenters. The number of thioether (sulfide) groups is 1. The van der Waals surface area contributed by atoms with Crippen molar-refractivity contribution >= 4 is 29.3 Å². The number of carbonyl (C=O) groups excluding carboxylic acids is 2. The highest BCUT2D eigenvalue weighted by molar-refractivity contribution is 8.00. The summed E-state index contributed by atoms with van der Waals surface area (Å²) in [5.74, 6) is 0.583. The Morgan fingerprint density at radius 3 is 3.11 bits per heavy atom. The minimum atomic E-state index is 0.0293. The number of unbranched alkanes of at least 4 members (excludes halogenated alkanes) is 1. The van der Waals surface area contributed by atoms with Crippen molar-refractivity contribution in [1.29, 1.82) is 0 Å². The van der Waals surface area contributed by atoms with Gasteiger partial charge in [-0.1, -0.05) is 19.4 Å². The molecule has 5 heteroatoms. The van der Waals surface area contributed by atoms with Crippen molar-refractivity contribution in [3.63, 3.8) is 0 Å². The van der Waals surface area contributed by atoms with E-state index in [2.05, 4.69) is 17.6 Å². The minimum Gasteiger partial charge on any atom is -0.352 e. The molecule has 0 fully saturated rings. The highest BCUT2D eigenvalue weighted by atomic mass is 32.2. The van der Waals surface area contributed by atoms with Crippen LogP contribution >= 0.6 is 11.8 Å². The lowest BCUT2D eigenvalue weighted by Gasteiger charge is -2.17. The Morgan fingerprint density at radius 2 is 2.32 bits per heavy atom. The van der Waals surface area contributed by atoms with Crippen LogP contribution in [0.4, 0.5) is 5.69 Å². The summed E-state index contributed by atoms with van der Waals surface area (Å²) in [6.45, 7) is 2.58. The monoisotopic (exact) mass is 278 g/mol. The van der Waals surface area contributed by atoms with Gasteiger partial charge in [0.25, 0.3) is 0 Å². The van der Waals surface area contributed by atoms with E-state index in [0.717, 1.165) is 29.0 Å². The zero-order valence-electron chi connectivity index (χ0n) is 11.0. The molecule has 19 heavy (non-hydrogen) atoms. The number of nitrogens with one attached hydrogen (secondary N) is 2. The maximum absolute atomic E-state index is 11.5. The van der Waals surface area contributed by atoms with Crippen LogP contribution in [-0.2, 0) is 16.1 Å². The summed E-state index contributed by atoms with van der Waals surface area (Å²) in [7, 11) is 0. The Morgan fingerprint density at radius 1 is 1.47 bits per heavy atom. The highest BCUT2D eigenvalue weighted by Gasteiger charge is 2.15. The molecule has 0 saturated carbocycles. The first-order valence-electron chi connectivity index (χ1n) is 6.51. The normalized spacial score (nSPS) is 13.6. The summed E-state index contributed by atoms with van der Waals surface area (Å²) in [5, 5.41) is 5.74. The lowest BCUT2D eigenvalue weighted by molar-refractivity contribution is -0.121. The van der Waals surface area contributed by atoms with Gasteiger partial charge >= 0.3 is 0 Å². The molecule has 0 bridgehead atoms. The summed E-state index contributed by atoms with van der Waals surface area (Å²) < 4.78 is 0. The number of carbonyl (C=O) groups is 2. The third kappa shape index (κ3) is 3.99. The molecule has 4 nitrogen and oxygen atoms in total. The Labute approximate surface area is 117 Å². The SMILES string of the molecule is CCCCC(=O)NCc1ccc2c(c1)NC(=O)CS2. The van der Waals surface area contributed by atoms with Gasteiger partial charge in [-0.15, -0.1) is 11.8 Å². The van der Waals surface area contributed by atoms with Crippen LogP contribution in [0.3, 0.4) is 0 Å².